The average Bonchev–Trinajstić information content (AvgIpc) is 2.41. The van der Waals surface area contributed by atoms with Gasteiger partial charge in [0.05, 0.1) is 6.54 Å². The van der Waals surface area contributed by atoms with Gasteiger partial charge in [-0.2, -0.15) is 0 Å². The second-order valence-electron chi connectivity index (χ2n) is 5.68. The number of likely N-dealkylation sites (tertiary alicyclic amines) is 1. The molecule has 1 unspecified atom stereocenters. The number of nitrogens with one attached hydrogen (secondary N) is 1. The molecular formula is C16H24N2O. The summed E-state index contributed by atoms with van der Waals surface area (Å²) < 4.78 is 0. The molecule has 1 heterocycles. The van der Waals surface area contributed by atoms with E-state index in [0.717, 1.165) is 26.1 Å². The molecule has 1 amide bonds. The summed E-state index contributed by atoms with van der Waals surface area (Å²) in [5.41, 5.74) is 2.49. The van der Waals surface area contributed by atoms with Crippen LogP contribution in [0.15, 0.2) is 24.3 Å². The summed E-state index contributed by atoms with van der Waals surface area (Å²) in [5.74, 6) is 0.883. The van der Waals surface area contributed by atoms with Crippen molar-refractivity contribution in [3.8, 4) is 0 Å². The molecule has 0 aromatic heterocycles. The van der Waals surface area contributed by atoms with Crippen LogP contribution in [0.1, 0.15) is 30.9 Å². The largest absolute Gasteiger partial charge is 0.341 e. The Balaban J connectivity index is 1.73. The fourth-order valence-corrected chi connectivity index (χ4v) is 2.55. The van der Waals surface area contributed by atoms with E-state index in [1.165, 1.54) is 17.5 Å². The molecule has 2 rings (SSSR count). The van der Waals surface area contributed by atoms with Gasteiger partial charge < -0.3 is 10.2 Å². The van der Waals surface area contributed by atoms with Crippen molar-refractivity contribution in [3.63, 3.8) is 0 Å². The summed E-state index contributed by atoms with van der Waals surface area (Å²) in [6.45, 7) is 7.36. The smallest absolute Gasteiger partial charge is 0.236 e. The zero-order chi connectivity index (χ0) is 13.7. The minimum Gasteiger partial charge on any atom is -0.341 e. The number of hydrogen-bond acceptors (Lipinski definition) is 2. The maximum Gasteiger partial charge on any atom is 0.236 e. The molecule has 1 fully saturated rings. The van der Waals surface area contributed by atoms with E-state index in [0.29, 0.717) is 12.5 Å². The first-order valence-corrected chi connectivity index (χ1v) is 7.19. The van der Waals surface area contributed by atoms with E-state index in [2.05, 4.69) is 43.4 Å². The summed E-state index contributed by atoms with van der Waals surface area (Å²) in [5, 5.41) is 3.24. The number of nitrogens with zero attached hydrogens (tertiary/aromatic N) is 1. The van der Waals surface area contributed by atoms with Gasteiger partial charge in [0.2, 0.25) is 5.91 Å². The minimum atomic E-state index is 0.235. The van der Waals surface area contributed by atoms with Crippen LogP contribution in [0.2, 0.25) is 0 Å². The van der Waals surface area contributed by atoms with Gasteiger partial charge in [-0.05, 0) is 31.2 Å². The Hall–Kier alpha value is -1.35. The lowest BCUT2D eigenvalue weighted by atomic mass is 10.0. The fraction of sp³-hybridized carbons (Fsp3) is 0.562. The van der Waals surface area contributed by atoms with Gasteiger partial charge >= 0.3 is 0 Å². The first-order valence-electron chi connectivity index (χ1n) is 7.19. The molecule has 0 radical (unpaired) electrons. The van der Waals surface area contributed by atoms with E-state index >= 15 is 0 Å². The van der Waals surface area contributed by atoms with Crippen LogP contribution in [0.5, 0.6) is 0 Å². The molecule has 0 spiro atoms. The Bertz CT molecular complexity index is 413. The van der Waals surface area contributed by atoms with E-state index in [-0.39, 0.29) is 5.91 Å². The van der Waals surface area contributed by atoms with Gasteiger partial charge in [0.1, 0.15) is 0 Å². The summed E-state index contributed by atoms with van der Waals surface area (Å²) in [4.78, 5) is 14.0. The van der Waals surface area contributed by atoms with Crippen LogP contribution in [-0.2, 0) is 11.3 Å². The van der Waals surface area contributed by atoms with Crippen LogP contribution < -0.4 is 5.32 Å². The van der Waals surface area contributed by atoms with E-state index in [1.54, 1.807) is 0 Å². The number of rotatable bonds is 4. The number of aryl methyl sites for hydroxylation is 1. The third kappa shape index (κ3) is 4.35. The SMILES string of the molecule is Cc1ccc(CNCC(=O)N2CCCC(C)C2)cc1. The predicted molar refractivity (Wildman–Crippen MR) is 77.9 cm³/mol. The Kier molecular flexibility index (Phi) is 4.97. The van der Waals surface area contributed by atoms with Gasteiger partial charge in [-0.3, -0.25) is 4.79 Å². The number of benzene rings is 1. The molecule has 19 heavy (non-hydrogen) atoms. The molecule has 104 valence electrons. The van der Waals surface area contributed by atoms with Crippen molar-refractivity contribution in [1.29, 1.82) is 0 Å². The van der Waals surface area contributed by atoms with E-state index in [4.69, 9.17) is 0 Å². The topological polar surface area (TPSA) is 32.3 Å². The van der Waals surface area contributed by atoms with Crippen molar-refractivity contribution >= 4 is 5.91 Å². The molecule has 3 heteroatoms. The van der Waals surface area contributed by atoms with Gasteiger partial charge in [-0.25, -0.2) is 0 Å². The van der Waals surface area contributed by atoms with E-state index in [9.17, 15) is 4.79 Å². The molecule has 1 N–H and O–H groups in total. The molecule has 1 saturated heterocycles. The summed E-state index contributed by atoms with van der Waals surface area (Å²) >= 11 is 0. The number of hydrogen-bond donors (Lipinski definition) is 1. The van der Waals surface area contributed by atoms with Gasteiger partial charge in [-0.1, -0.05) is 36.8 Å². The van der Waals surface area contributed by atoms with Crippen molar-refractivity contribution < 1.29 is 4.79 Å². The lowest BCUT2D eigenvalue weighted by Gasteiger charge is -2.31. The molecule has 0 saturated carbocycles. The normalized spacial score (nSPS) is 19.5. The molecule has 1 aromatic carbocycles. The molecule has 1 aliphatic heterocycles. The Morgan fingerprint density at radius 3 is 2.79 bits per heavy atom. The highest BCUT2D eigenvalue weighted by molar-refractivity contribution is 5.78. The van der Waals surface area contributed by atoms with Crippen molar-refractivity contribution in [1.82, 2.24) is 10.2 Å². The standard InChI is InChI=1S/C16H24N2O/c1-13-5-7-15(8-6-13)10-17-11-16(19)18-9-3-4-14(2)12-18/h5-8,14,17H,3-4,9-12H2,1-2H3. The van der Waals surface area contributed by atoms with Crippen LogP contribution in [0.4, 0.5) is 0 Å². The van der Waals surface area contributed by atoms with Crippen LogP contribution >= 0.6 is 0 Å². The predicted octanol–water partition coefficient (Wildman–Crippen LogP) is 2.34. The van der Waals surface area contributed by atoms with Crippen LogP contribution in [0.3, 0.4) is 0 Å². The molecule has 3 nitrogen and oxygen atoms in total. The van der Waals surface area contributed by atoms with Gasteiger partial charge in [-0.15, -0.1) is 0 Å². The van der Waals surface area contributed by atoms with Gasteiger partial charge in [0.25, 0.3) is 0 Å². The van der Waals surface area contributed by atoms with Gasteiger partial charge in [0.15, 0.2) is 0 Å². The lowest BCUT2D eigenvalue weighted by Crippen LogP contribution is -2.43. The highest BCUT2D eigenvalue weighted by Gasteiger charge is 2.20. The number of amides is 1. The molecule has 0 aliphatic carbocycles. The summed E-state index contributed by atoms with van der Waals surface area (Å²) in [6.07, 6.45) is 2.39. The Labute approximate surface area is 116 Å². The zero-order valence-corrected chi connectivity index (χ0v) is 12.0. The monoisotopic (exact) mass is 260 g/mol. The summed E-state index contributed by atoms with van der Waals surface area (Å²) in [6, 6.07) is 8.42. The maximum atomic E-state index is 12.1. The van der Waals surface area contributed by atoms with Crippen LogP contribution in [0.25, 0.3) is 0 Å². The fourth-order valence-electron chi connectivity index (χ4n) is 2.55. The van der Waals surface area contributed by atoms with Crippen molar-refractivity contribution in [3.05, 3.63) is 35.4 Å². The third-order valence-electron chi connectivity index (χ3n) is 3.74. The van der Waals surface area contributed by atoms with Crippen molar-refractivity contribution in [2.75, 3.05) is 19.6 Å². The van der Waals surface area contributed by atoms with Crippen molar-refractivity contribution in [2.24, 2.45) is 5.92 Å². The molecule has 1 aromatic rings. The lowest BCUT2D eigenvalue weighted by molar-refractivity contribution is -0.131. The van der Waals surface area contributed by atoms with Crippen molar-refractivity contribution in [2.45, 2.75) is 33.2 Å². The van der Waals surface area contributed by atoms with Crippen LogP contribution in [0, 0.1) is 12.8 Å². The Morgan fingerprint density at radius 2 is 2.11 bits per heavy atom. The number of carbonyl (C=O) groups is 1. The Morgan fingerprint density at radius 1 is 1.37 bits per heavy atom. The highest BCUT2D eigenvalue weighted by atomic mass is 16.2. The number of piperidine rings is 1. The third-order valence-corrected chi connectivity index (χ3v) is 3.74. The van der Waals surface area contributed by atoms with Crippen LogP contribution in [-0.4, -0.2) is 30.4 Å². The van der Waals surface area contributed by atoms with E-state index in [1.807, 2.05) is 4.90 Å². The quantitative estimate of drug-likeness (QED) is 0.901. The second-order valence-corrected chi connectivity index (χ2v) is 5.68. The zero-order valence-electron chi connectivity index (χ0n) is 12.0. The molecular weight excluding hydrogens is 236 g/mol. The maximum absolute atomic E-state index is 12.1. The minimum absolute atomic E-state index is 0.235. The molecule has 1 atom stereocenters. The highest BCUT2D eigenvalue weighted by Crippen LogP contribution is 2.15. The van der Waals surface area contributed by atoms with Gasteiger partial charge in [0, 0.05) is 19.6 Å². The second kappa shape index (κ2) is 6.71. The average molecular weight is 260 g/mol. The summed E-state index contributed by atoms with van der Waals surface area (Å²) in [7, 11) is 0. The first kappa shape index (κ1) is 14.1. The number of carbonyl (C=O) groups excluding carboxylic acids is 1. The molecule has 0 bridgehead atoms. The molecule has 1 aliphatic rings. The van der Waals surface area contributed by atoms with E-state index < -0.39 is 0 Å². The first-order chi connectivity index (χ1) is 9.15.